The summed E-state index contributed by atoms with van der Waals surface area (Å²) in [5, 5.41) is 61.3. The number of ether oxygens (including phenoxy) is 3. The van der Waals surface area contributed by atoms with E-state index in [-0.39, 0.29) is 52.2 Å². The third-order valence-electron chi connectivity index (χ3n) is 6.31. The predicted molar refractivity (Wildman–Crippen MR) is 119 cm³/mol. The smallest absolute Gasteiger partial charge is 0.202 e. The number of phenols is 4. The van der Waals surface area contributed by atoms with Crippen molar-refractivity contribution in [2.45, 2.75) is 24.2 Å². The molecule has 0 bridgehead atoms. The zero-order valence-electron chi connectivity index (χ0n) is 18.4. The predicted octanol–water partition coefficient (Wildman–Crippen LogP) is 2.40. The van der Waals surface area contributed by atoms with Crippen molar-refractivity contribution in [3.05, 3.63) is 64.7 Å². The number of hydrogen-bond donors (Lipinski definition) is 6. The van der Waals surface area contributed by atoms with E-state index in [0.29, 0.717) is 11.1 Å². The van der Waals surface area contributed by atoms with Gasteiger partial charge < -0.3 is 44.8 Å². The Hall–Kier alpha value is -4.15. The molecular formula is C25H22O10. The molecule has 6 N–H and O–H groups in total. The molecule has 0 amide bonds. The number of aliphatic hydroxyl groups is 2. The molecule has 5 rings (SSSR count). The summed E-state index contributed by atoms with van der Waals surface area (Å²) in [6.07, 6.45) is -3.69. The molecule has 35 heavy (non-hydrogen) atoms. The Morgan fingerprint density at radius 1 is 0.886 bits per heavy atom. The Kier molecular flexibility index (Phi) is 5.34. The van der Waals surface area contributed by atoms with Crippen LogP contribution in [-0.2, 0) is 0 Å². The Labute approximate surface area is 198 Å². The van der Waals surface area contributed by atoms with Crippen LogP contribution < -0.4 is 14.2 Å². The van der Waals surface area contributed by atoms with Crippen molar-refractivity contribution in [3.8, 4) is 40.2 Å². The normalized spacial score (nSPS) is 22.7. The number of carbonyl (C=O) groups is 1. The number of hydrogen-bond acceptors (Lipinski definition) is 10. The Balaban J connectivity index is 1.54. The summed E-state index contributed by atoms with van der Waals surface area (Å²) in [5.41, 5.74) is 0.976. The molecule has 10 heteroatoms. The van der Waals surface area contributed by atoms with E-state index in [0.717, 1.165) is 12.1 Å². The minimum absolute atomic E-state index is 0.0668. The number of phenolic OH excluding ortho intramolecular Hbond substituents is 4. The van der Waals surface area contributed by atoms with Gasteiger partial charge in [-0.1, -0.05) is 6.07 Å². The van der Waals surface area contributed by atoms with E-state index in [1.165, 1.54) is 19.2 Å². The second-order valence-corrected chi connectivity index (χ2v) is 8.40. The molecule has 2 heterocycles. The van der Waals surface area contributed by atoms with Gasteiger partial charge in [-0.05, 0) is 35.4 Å². The summed E-state index contributed by atoms with van der Waals surface area (Å²) in [4.78, 5) is 12.8. The number of carbonyl (C=O) groups excluding carboxylic acids is 1. The van der Waals surface area contributed by atoms with E-state index >= 15 is 0 Å². The number of aromatic hydroxyl groups is 4. The zero-order valence-corrected chi connectivity index (χ0v) is 18.4. The van der Waals surface area contributed by atoms with Crippen molar-refractivity contribution in [2.24, 2.45) is 0 Å². The lowest BCUT2D eigenvalue weighted by molar-refractivity contribution is 0.0209. The third-order valence-corrected chi connectivity index (χ3v) is 6.31. The first-order chi connectivity index (χ1) is 16.7. The molecule has 0 saturated carbocycles. The topological polar surface area (TPSA) is 166 Å². The lowest BCUT2D eigenvalue weighted by atomic mass is 9.87. The second kappa shape index (κ2) is 8.26. The number of Topliss-reactive ketones (excluding diaryl/α,β-unsaturated/α-hetero) is 1. The Morgan fingerprint density at radius 3 is 2.37 bits per heavy atom. The van der Waals surface area contributed by atoms with Gasteiger partial charge in [-0.2, -0.15) is 0 Å². The summed E-state index contributed by atoms with van der Waals surface area (Å²) >= 11 is 0. The van der Waals surface area contributed by atoms with Crippen LogP contribution in [0.1, 0.15) is 45.2 Å². The zero-order chi connectivity index (χ0) is 25.0. The average molecular weight is 482 g/mol. The van der Waals surface area contributed by atoms with Crippen LogP contribution in [-0.4, -0.2) is 56.2 Å². The molecule has 182 valence electrons. The number of methoxy groups -OCH3 is 1. The fraction of sp³-hybridized carbons (Fsp3) is 0.240. The SMILES string of the molecule is COc1cc([C@H]2Oc3c(O)cc([C@H]4Oc5cc(O)cc(O)c5C(=O)[C@@H]4O)cc3[C@H]2CO)ccc1O. The van der Waals surface area contributed by atoms with Gasteiger partial charge >= 0.3 is 0 Å². The highest BCUT2D eigenvalue weighted by Gasteiger charge is 2.42. The van der Waals surface area contributed by atoms with Gasteiger partial charge in [0, 0.05) is 17.7 Å². The minimum atomic E-state index is -1.71. The van der Waals surface area contributed by atoms with Gasteiger partial charge in [-0.3, -0.25) is 4.79 Å². The van der Waals surface area contributed by atoms with E-state index in [4.69, 9.17) is 14.2 Å². The maximum atomic E-state index is 12.8. The van der Waals surface area contributed by atoms with Crippen LogP contribution in [0.5, 0.6) is 40.2 Å². The van der Waals surface area contributed by atoms with Crippen LogP contribution in [0.2, 0.25) is 0 Å². The summed E-state index contributed by atoms with van der Waals surface area (Å²) in [6.45, 7) is -0.360. The first-order valence-corrected chi connectivity index (χ1v) is 10.7. The third kappa shape index (κ3) is 3.54. The van der Waals surface area contributed by atoms with E-state index in [1.54, 1.807) is 18.2 Å². The molecule has 4 atom stereocenters. The molecule has 0 aliphatic carbocycles. The van der Waals surface area contributed by atoms with Gasteiger partial charge in [0.15, 0.2) is 35.2 Å². The molecule has 2 aliphatic rings. The number of aliphatic hydroxyl groups excluding tert-OH is 2. The maximum Gasteiger partial charge on any atom is 0.202 e. The van der Waals surface area contributed by atoms with Gasteiger partial charge in [-0.25, -0.2) is 0 Å². The number of rotatable bonds is 4. The van der Waals surface area contributed by atoms with Gasteiger partial charge in [-0.15, -0.1) is 0 Å². The average Bonchev–Trinajstić information content (AvgIpc) is 3.20. The van der Waals surface area contributed by atoms with Gasteiger partial charge in [0.05, 0.1) is 19.6 Å². The lowest BCUT2D eigenvalue weighted by Crippen LogP contribution is -2.36. The standard InChI is InChI=1S/C25H22O10/c1-33-18-6-10(2-3-15(18)28)23-14(9-26)13-4-11(5-17(30)25(13)35-23)24-22(32)21(31)20-16(29)7-12(27)8-19(20)34-24/h2-8,14,22-24,26-30,32H,9H2,1H3/t14-,22+,23-,24-/m1/s1. The van der Waals surface area contributed by atoms with Crippen molar-refractivity contribution in [1.29, 1.82) is 0 Å². The molecule has 0 fully saturated rings. The van der Waals surface area contributed by atoms with E-state index < -0.39 is 35.8 Å². The van der Waals surface area contributed by atoms with Crippen LogP contribution in [0.25, 0.3) is 0 Å². The highest BCUT2D eigenvalue weighted by molar-refractivity contribution is 6.05. The quantitative estimate of drug-likeness (QED) is 0.325. The van der Waals surface area contributed by atoms with Crippen LogP contribution in [0.3, 0.4) is 0 Å². The van der Waals surface area contributed by atoms with E-state index in [1.807, 2.05) is 0 Å². The van der Waals surface area contributed by atoms with Crippen molar-refractivity contribution < 1.29 is 49.6 Å². The monoisotopic (exact) mass is 482 g/mol. The molecule has 0 aromatic heterocycles. The first-order valence-electron chi connectivity index (χ1n) is 10.7. The number of ketones is 1. The highest BCUT2D eigenvalue weighted by Crippen LogP contribution is 2.52. The summed E-state index contributed by atoms with van der Waals surface area (Å²) < 4.78 is 16.9. The molecule has 3 aromatic rings. The van der Waals surface area contributed by atoms with E-state index in [2.05, 4.69) is 0 Å². The van der Waals surface area contributed by atoms with Gasteiger partial charge in [0.25, 0.3) is 0 Å². The van der Waals surface area contributed by atoms with Gasteiger partial charge in [0.2, 0.25) is 5.78 Å². The van der Waals surface area contributed by atoms with Crippen LogP contribution in [0.4, 0.5) is 0 Å². The largest absolute Gasteiger partial charge is 0.508 e. The number of benzene rings is 3. The summed E-state index contributed by atoms with van der Waals surface area (Å²) in [5.74, 6) is -2.45. The van der Waals surface area contributed by atoms with Crippen molar-refractivity contribution in [3.63, 3.8) is 0 Å². The molecule has 10 nitrogen and oxygen atoms in total. The fourth-order valence-corrected chi connectivity index (χ4v) is 4.63. The maximum absolute atomic E-state index is 12.8. The molecule has 0 saturated heterocycles. The van der Waals surface area contributed by atoms with Gasteiger partial charge in [0.1, 0.15) is 28.9 Å². The molecule has 0 radical (unpaired) electrons. The Bertz CT molecular complexity index is 1330. The van der Waals surface area contributed by atoms with Crippen LogP contribution in [0, 0.1) is 0 Å². The Morgan fingerprint density at radius 2 is 1.66 bits per heavy atom. The van der Waals surface area contributed by atoms with E-state index in [9.17, 15) is 35.4 Å². The first kappa shape index (κ1) is 22.6. The molecule has 0 unspecified atom stereocenters. The summed E-state index contributed by atoms with van der Waals surface area (Å²) in [6, 6.07) is 9.56. The number of fused-ring (bicyclic) bond motifs is 2. The van der Waals surface area contributed by atoms with Crippen molar-refractivity contribution in [2.75, 3.05) is 13.7 Å². The molecule has 2 aliphatic heterocycles. The van der Waals surface area contributed by atoms with Crippen molar-refractivity contribution >= 4 is 5.78 Å². The molecule has 3 aromatic carbocycles. The summed E-state index contributed by atoms with van der Waals surface area (Å²) in [7, 11) is 1.40. The minimum Gasteiger partial charge on any atom is -0.508 e. The lowest BCUT2D eigenvalue weighted by Gasteiger charge is -2.30. The van der Waals surface area contributed by atoms with Crippen molar-refractivity contribution in [1.82, 2.24) is 0 Å². The molecular weight excluding hydrogens is 460 g/mol. The highest BCUT2D eigenvalue weighted by atomic mass is 16.5. The van der Waals surface area contributed by atoms with Crippen LogP contribution in [0.15, 0.2) is 42.5 Å². The fourth-order valence-electron chi connectivity index (χ4n) is 4.63. The molecule has 0 spiro atoms. The van der Waals surface area contributed by atoms with Crippen LogP contribution >= 0.6 is 0 Å². The second-order valence-electron chi connectivity index (χ2n) is 8.40.